The van der Waals surface area contributed by atoms with E-state index in [1.165, 1.54) is 19.3 Å². The Morgan fingerprint density at radius 2 is 2.11 bits per heavy atom. The average molecular weight is 394 g/mol. The third-order valence-corrected chi connectivity index (χ3v) is 6.16. The first kappa shape index (κ1) is 20.3. The highest BCUT2D eigenvalue weighted by Crippen LogP contribution is 2.32. The number of ether oxygens (including phenoxy) is 1. The smallest absolute Gasteiger partial charge is 0.147 e. The van der Waals surface area contributed by atoms with Gasteiger partial charge in [-0.15, -0.1) is 10.2 Å². The van der Waals surface area contributed by atoms with Gasteiger partial charge in [0.1, 0.15) is 21.8 Å². The predicted molar refractivity (Wildman–Crippen MR) is 114 cm³/mol. The van der Waals surface area contributed by atoms with E-state index in [0.29, 0.717) is 17.2 Å². The minimum absolute atomic E-state index is 0.0286. The van der Waals surface area contributed by atoms with E-state index < -0.39 is 0 Å². The van der Waals surface area contributed by atoms with Gasteiger partial charge in [0.2, 0.25) is 0 Å². The van der Waals surface area contributed by atoms with Gasteiger partial charge in [-0.05, 0) is 57.2 Å². The molecule has 0 bridgehead atoms. The van der Waals surface area contributed by atoms with Crippen molar-refractivity contribution in [2.24, 2.45) is 5.92 Å². The molecule has 1 aliphatic rings. The van der Waals surface area contributed by atoms with Gasteiger partial charge in [0, 0.05) is 11.5 Å². The highest BCUT2D eigenvalue weighted by atomic mass is 32.1. The summed E-state index contributed by atoms with van der Waals surface area (Å²) in [5, 5.41) is 19.9. The number of nitrogens with zero attached hydrogens (tertiary/aromatic N) is 3. The van der Waals surface area contributed by atoms with Gasteiger partial charge in [0.25, 0.3) is 0 Å². The second-order valence-electron chi connectivity index (χ2n) is 7.64. The predicted octanol–water partition coefficient (Wildman–Crippen LogP) is 6.27. The molecule has 0 radical (unpaired) electrons. The van der Waals surface area contributed by atoms with Crippen molar-refractivity contribution in [1.29, 1.82) is 5.26 Å². The zero-order chi connectivity index (χ0) is 20.1. The van der Waals surface area contributed by atoms with Crippen LogP contribution in [0.5, 0.6) is 5.75 Å². The Hall–Kier alpha value is -2.45. The summed E-state index contributed by atoms with van der Waals surface area (Å²) >= 11 is 1.57. The number of hydrogen-bond acceptors (Lipinski definition) is 5. The third kappa shape index (κ3) is 4.88. The molecule has 1 aliphatic carbocycles. The second kappa shape index (κ2) is 9.16. The number of benzene rings is 1. The molecule has 146 valence electrons. The van der Waals surface area contributed by atoms with Crippen molar-refractivity contribution < 1.29 is 4.74 Å². The Labute approximate surface area is 171 Å². The van der Waals surface area contributed by atoms with Gasteiger partial charge in [-0.2, -0.15) is 5.26 Å². The molecule has 3 rings (SSSR count). The summed E-state index contributed by atoms with van der Waals surface area (Å²) in [5.41, 5.74) is 2.97. The van der Waals surface area contributed by atoms with E-state index in [0.717, 1.165) is 15.6 Å². The number of hydrogen-bond donors (Lipinski definition) is 0. The van der Waals surface area contributed by atoms with Gasteiger partial charge in [-0.1, -0.05) is 49.0 Å². The van der Waals surface area contributed by atoms with Crippen LogP contribution in [0.1, 0.15) is 63.4 Å². The first-order valence-corrected chi connectivity index (χ1v) is 10.7. The molecule has 1 saturated carbocycles. The fraction of sp³-hybridized carbons (Fsp3) is 0.435. The van der Waals surface area contributed by atoms with Crippen LogP contribution in [0.3, 0.4) is 0 Å². The Kier molecular flexibility index (Phi) is 6.64. The molecular weight excluding hydrogens is 366 g/mol. The third-order valence-electron chi connectivity index (χ3n) is 4.99. The summed E-state index contributed by atoms with van der Waals surface area (Å²) in [6.45, 7) is 8.34. The lowest BCUT2D eigenvalue weighted by Crippen LogP contribution is -2.06. The highest BCUT2D eigenvalue weighted by molar-refractivity contribution is 7.14. The lowest BCUT2D eigenvalue weighted by molar-refractivity contribution is 0.242. The first-order chi connectivity index (χ1) is 13.5. The highest BCUT2D eigenvalue weighted by Gasteiger charge is 2.16. The SMILES string of the molecule is CC(C)Oc1ccc(-c2nnc(C(C)/C=C\C=C3\CCCC3C)s2)cc1C#N. The van der Waals surface area contributed by atoms with Crippen molar-refractivity contribution >= 4 is 11.3 Å². The van der Waals surface area contributed by atoms with Gasteiger partial charge in [-0.3, -0.25) is 0 Å². The van der Waals surface area contributed by atoms with Crippen LogP contribution in [0.2, 0.25) is 0 Å². The van der Waals surface area contributed by atoms with E-state index in [9.17, 15) is 5.26 Å². The molecule has 2 unspecified atom stereocenters. The molecule has 0 saturated heterocycles. The molecule has 0 N–H and O–H groups in total. The lowest BCUT2D eigenvalue weighted by Gasteiger charge is -2.11. The van der Waals surface area contributed by atoms with Crippen LogP contribution in [-0.2, 0) is 0 Å². The monoisotopic (exact) mass is 393 g/mol. The molecule has 0 amide bonds. The van der Waals surface area contributed by atoms with Crippen LogP contribution < -0.4 is 4.74 Å². The Morgan fingerprint density at radius 1 is 1.29 bits per heavy atom. The molecule has 0 aliphatic heterocycles. The first-order valence-electron chi connectivity index (χ1n) is 9.89. The van der Waals surface area contributed by atoms with Gasteiger partial charge in [-0.25, -0.2) is 0 Å². The van der Waals surface area contributed by atoms with Crippen LogP contribution in [-0.4, -0.2) is 16.3 Å². The molecule has 0 spiro atoms. The molecule has 1 heterocycles. The van der Waals surface area contributed by atoms with Crippen molar-refractivity contribution in [3.8, 4) is 22.4 Å². The molecule has 28 heavy (non-hydrogen) atoms. The summed E-state index contributed by atoms with van der Waals surface area (Å²) in [7, 11) is 0. The number of aromatic nitrogens is 2. The van der Waals surface area contributed by atoms with Gasteiger partial charge in [0.15, 0.2) is 0 Å². The summed E-state index contributed by atoms with van der Waals surface area (Å²) in [4.78, 5) is 0. The van der Waals surface area contributed by atoms with Crippen molar-refractivity contribution in [2.75, 3.05) is 0 Å². The average Bonchev–Trinajstić information content (AvgIpc) is 3.31. The fourth-order valence-electron chi connectivity index (χ4n) is 3.36. The van der Waals surface area contributed by atoms with Crippen molar-refractivity contribution in [1.82, 2.24) is 10.2 Å². The number of allylic oxidation sites excluding steroid dienone is 4. The molecule has 2 aromatic rings. The zero-order valence-electron chi connectivity index (χ0n) is 17.0. The summed E-state index contributed by atoms with van der Waals surface area (Å²) < 4.78 is 5.69. The minimum Gasteiger partial charge on any atom is -0.490 e. The van der Waals surface area contributed by atoms with Crippen LogP contribution in [0.4, 0.5) is 0 Å². The topological polar surface area (TPSA) is 58.8 Å². The Bertz CT molecular complexity index is 920. The van der Waals surface area contributed by atoms with Crippen LogP contribution >= 0.6 is 11.3 Å². The van der Waals surface area contributed by atoms with E-state index in [-0.39, 0.29) is 12.0 Å². The van der Waals surface area contributed by atoms with Gasteiger partial charge >= 0.3 is 0 Å². The van der Waals surface area contributed by atoms with Crippen LogP contribution in [0.15, 0.2) is 42.0 Å². The van der Waals surface area contributed by atoms with Crippen molar-refractivity contribution in [3.63, 3.8) is 0 Å². The van der Waals surface area contributed by atoms with Crippen molar-refractivity contribution in [3.05, 3.63) is 52.6 Å². The van der Waals surface area contributed by atoms with E-state index in [1.807, 2.05) is 32.0 Å². The molecule has 4 nitrogen and oxygen atoms in total. The normalized spacial score (nSPS) is 19.4. The van der Waals surface area contributed by atoms with Gasteiger partial charge < -0.3 is 4.74 Å². The van der Waals surface area contributed by atoms with Gasteiger partial charge in [0.05, 0.1) is 11.7 Å². The molecule has 2 atom stereocenters. The maximum absolute atomic E-state index is 9.42. The van der Waals surface area contributed by atoms with E-state index in [2.05, 4.69) is 48.3 Å². The minimum atomic E-state index is 0.0286. The number of nitriles is 1. The summed E-state index contributed by atoms with van der Waals surface area (Å²) in [6, 6.07) is 7.82. The Morgan fingerprint density at radius 3 is 2.79 bits per heavy atom. The maximum atomic E-state index is 9.42. The maximum Gasteiger partial charge on any atom is 0.147 e. The lowest BCUT2D eigenvalue weighted by atomic mass is 10.0. The molecule has 1 aromatic heterocycles. The quantitative estimate of drug-likeness (QED) is 0.580. The largest absolute Gasteiger partial charge is 0.490 e. The summed E-state index contributed by atoms with van der Waals surface area (Å²) in [6.07, 6.45) is 10.5. The number of rotatable bonds is 6. The molecule has 5 heteroatoms. The molecule has 1 aromatic carbocycles. The van der Waals surface area contributed by atoms with E-state index in [1.54, 1.807) is 16.9 Å². The van der Waals surface area contributed by atoms with Crippen LogP contribution in [0.25, 0.3) is 10.6 Å². The summed E-state index contributed by atoms with van der Waals surface area (Å²) in [5.74, 6) is 1.53. The van der Waals surface area contributed by atoms with E-state index >= 15 is 0 Å². The van der Waals surface area contributed by atoms with Crippen LogP contribution in [0, 0.1) is 17.2 Å². The van der Waals surface area contributed by atoms with E-state index in [4.69, 9.17) is 4.74 Å². The zero-order valence-corrected chi connectivity index (χ0v) is 17.8. The fourth-order valence-corrected chi connectivity index (χ4v) is 4.23. The second-order valence-corrected chi connectivity index (χ2v) is 8.65. The molecule has 1 fully saturated rings. The standard InChI is InChI=1S/C23H27N3OS/c1-15(2)27-21-12-11-19(13-20(21)14-24)23-26-25-22(28-23)17(4)8-6-10-18-9-5-7-16(18)3/h6,8,10-13,15-17H,5,7,9H2,1-4H3/b8-6-,18-10-. The van der Waals surface area contributed by atoms with Crippen molar-refractivity contribution in [2.45, 2.75) is 59.0 Å². The molecular formula is C23H27N3OS. The Balaban J connectivity index is 1.73.